The number of nitrogens with one attached hydrogen (secondary N) is 2. The molecule has 3 unspecified atom stereocenters. The first kappa shape index (κ1) is 15.7. The van der Waals surface area contributed by atoms with Crippen LogP contribution in [0.2, 0.25) is 0 Å². The smallest absolute Gasteiger partial charge is 0.242 e. The third-order valence-corrected chi connectivity index (χ3v) is 4.66. The van der Waals surface area contributed by atoms with Crippen molar-refractivity contribution in [1.29, 1.82) is 0 Å². The molecule has 2 fully saturated rings. The molecule has 3 atom stereocenters. The van der Waals surface area contributed by atoms with Gasteiger partial charge in [0.15, 0.2) is 5.82 Å². The molecule has 3 rings (SSSR count). The van der Waals surface area contributed by atoms with E-state index in [0.29, 0.717) is 17.4 Å². The van der Waals surface area contributed by atoms with Crippen LogP contribution in [0.1, 0.15) is 25.3 Å². The van der Waals surface area contributed by atoms with E-state index < -0.39 is 5.82 Å². The molecular formula is C13H16BrClFN3O. The quantitative estimate of drug-likeness (QED) is 0.794. The predicted molar refractivity (Wildman–Crippen MR) is 80.6 cm³/mol. The maximum Gasteiger partial charge on any atom is 0.242 e. The van der Waals surface area contributed by atoms with Crippen LogP contribution in [-0.2, 0) is 4.79 Å². The highest BCUT2D eigenvalue weighted by atomic mass is 79.9. The fourth-order valence-electron chi connectivity index (χ4n) is 2.72. The van der Waals surface area contributed by atoms with Crippen LogP contribution in [0, 0.1) is 18.2 Å². The van der Waals surface area contributed by atoms with Gasteiger partial charge in [-0.05, 0) is 52.7 Å². The lowest BCUT2D eigenvalue weighted by atomic mass is 10.0. The van der Waals surface area contributed by atoms with Gasteiger partial charge in [0.1, 0.15) is 10.4 Å². The summed E-state index contributed by atoms with van der Waals surface area (Å²) in [7, 11) is 0. The number of hydrogen-bond acceptors (Lipinski definition) is 3. The van der Waals surface area contributed by atoms with Crippen LogP contribution in [0.3, 0.4) is 0 Å². The Hall–Kier alpha value is -0.720. The Balaban J connectivity index is 0.00000147. The molecule has 1 amide bonds. The Morgan fingerprint density at radius 3 is 2.90 bits per heavy atom. The Morgan fingerprint density at radius 2 is 2.30 bits per heavy atom. The molecule has 0 bridgehead atoms. The van der Waals surface area contributed by atoms with Crippen LogP contribution < -0.4 is 10.6 Å². The van der Waals surface area contributed by atoms with Crippen molar-refractivity contribution in [2.24, 2.45) is 5.41 Å². The lowest BCUT2D eigenvalue weighted by Gasteiger charge is -2.15. The van der Waals surface area contributed by atoms with Crippen LogP contribution in [0.4, 0.5) is 10.2 Å². The Labute approximate surface area is 131 Å². The van der Waals surface area contributed by atoms with Crippen LogP contribution in [0.25, 0.3) is 0 Å². The third-order valence-electron chi connectivity index (χ3n) is 4.11. The van der Waals surface area contributed by atoms with Crippen LogP contribution in [-0.4, -0.2) is 23.0 Å². The molecule has 0 radical (unpaired) electrons. The maximum atomic E-state index is 13.3. The summed E-state index contributed by atoms with van der Waals surface area (Å²) < 4.78 is 13.4. The lowest BCUT2D eigenvalue weighted by molar-refractivity contribution is -0.118. The van der Waals surface area contributed by atoms with E-state index in [1.165, 1.54) is 6.07 Å². The van der Waals surface area contributed by atoms with Gasteiger partial charge in [0, 0.05) is 6.04 Å². The maximum absolute atomic E-state index is 13.3. The Morgan fingerprint density at radius 1 is 1.60 bits per heavy atom. The zero-order chi connectivity index (χ0) is 13.8. The molecule has 1 saturated heterocycles. The summed E-state index contributed by atoms with van der Waals surface area (Å²) in [5.41, 5.74) is 0.900. The molecule has 110 valence electrons. The largest absolute Gasteiger partial charge is 0.309 e. The van der Waals surface area contributed by atoms with Crippen molar-refractivity contribution in [3.63, 3.8) is 0 Å². The van der Waals surface area contributed by atoms with Crippen LogP contribution in [0.15, 0.2) is 10.7 Å². The second kappa shape index (κ2) is 5.24. The van der Waals surface area contributed by atoms with Crippen molar-refractivity contribution < 1.29 is 9.18 Å². The number of anilines is 1. The summed E-state index contributed by atoms with van der Waals surface area (Å²) in [6.07, 6.45) is 2.00. The average molecular weight is 365 g/mol. The first-order valence-corrected chi connectivity index (χ1v) is 7.08. The van der Waals surface area contributed by atoms with Gasteiger partial charge in [0.25, 0.3) is 0 Å². The molecule has 1 aromatic heterocycles. The molecule has 4 nitrogen and oxygen atoms in total. The number of halogens is 3. The summed E-state index contributed by atoms with van der Waals surface area (Å²) >= 11 is 3.03. The minimum Gasteiger partial charge on any atom is -0.309 e. The zero-order valence-corrected chi connectivity index (χ0v) is 13.6. The van der Waals surface area contributed by atoms with Crippen LogP contribution >= 0.6 is 28.3 Å². The molecule has 1 aromatic rings. The highest BCUT2D eigenvalue weighted by Gasteiger charge is 2.58. The van der Waals surface area contributed by atoms with E-state index in [0.717, 1.165) is 12.8 Å². The number of pyridine rings is 1. The first-order chi connectivity index (χ1) is 8.89. The summed E-state index contributed by atoms with van der Waals surface area (Å²) in [6, 6.07) is 1.65. The lowest BCUT2D eigenvalue weighted by Crippen LogP contribution is -2.38. The predicted octanol–water partition coefficient (Wildman–Crippen LogP) is 2.79. The SMILES string of the molecule is Cc1cc(F)c(Br)nc1NC(=O)C1CC2(C)CC2N1.Cl. The van der Waals surface area contributed by atoms with Gasteiger partial charge in [0.05, 0.1) is 6.04 Å². The fraction of sp³-hybridized carbons (Fsp3) is 0.538. The van der Waals surface area contributed by atoms with E-state index in [4.69, 9.17) is 0 Å². The summed E-state index contributed by atoms with van der Waals surface area (Å²) in [6.45, 7) is 3.91. The molecule has 0 spiro atoms. The van der Waals surface area contributed by atoms with E-state index in [1.807, 2.05) is 0 Å². The molecule has 7 heteroatoms. The molecule has 2 N–H and O–H groups in total. The summed E-state index contributed by atoms with van der Waals surface area (Å²) in [5, 5.41) is 6.08. The second-order valence-corrected chi connectivity index (χ2v) is 6.50. The van der Waals surface area contributed by atoms with E-state index in [9.17, 15) is 9.18 Å². The first-order valence-electron chi connectivity index (χ1n) is 6.28. The Kier molecular flexibility index (Phi) is 4.10. The standard InChI is InChI=1S/C13H15BrFN3O.ClH/c1-6-3-7(15)10(14)17-11(6)18-12(19)8-4-13(2)5-9(13)16-8;/h3,8-9,16H,4-5H2,1-2H3,(H,17,18,19);1H. The molecule has 1 saturated carbocycles. The van der Waals surface area contributed by atoms with Crippen molar-refractivity contribution in [2.75, 3.05) is 5.32 Å². The molecule has 2 heterocycles. The zero-order valence-electron chi connectivity index (χ0n) is 11.2. The van der Waals surface area contributed by atoms with Crippen molar-refractivity contribution in [1.82, 2.24) is 10.3 Å². The number of carbonyl (C=O) groups excluding carboxylic acids is 1. The van der Waals surface area contributed by atoms with Crippen molar-refractivity contribution in [3.05, 3.63) is 22.1 Å². The van der Waals surface area contributed by atoms with Crippen molar-refractivity contribution in [2.45, 2.75) is 38.8 Å². The normalized spacial score (nSPS) is 30.4. The Bertz CT molecular complexity index is 571. The summed E-state index contributed by atoms with van der Waals surface area (Å²) in [4.78, 5) is 16.2. The fourth-order valence-corrected chi connectivity index (χ4v) is 3.01. The van der Waals surface area contributed by atoms with Crippen LogP contribution in [0.5, 0.6) is 0 Å². The van der Waals surface area contributed by atoms with Gasteiger partial charge in [-0.25, -0.2) is 9.37 Å². The number of fused-ring (bicyclic) bond motifs is 1. The van der Waals surface area contributed by atoms with Gasteiger partial charge < -0.3 is 10.6 Å². The average Bonchev–Trinajstić information content (AvgIpc) is 2.84. The highest BCUT2D eigenvalue weighted by Crippen LogP contribution is 2.53. The van der Waals surface area contributed by atoms with E-state index >= 15 is 0 Å². The van der Waals surface area contributed by atoms with E-state index in [-0.39, 0.29) is 34.4 Å². The van der Waals surface area contributed by atoms with Gasteiger partial charge >= 0.3 is 0 Å². The van der Waals surface area contributed by atoms with Crippen molar-refractivity contribution >= 4 is 40.1 Å². The number of amides is 1. The number of aromatic nitrogens is 1. The van der Waals surface area contributed by atoms with Crippen molar-refractivity contribution in [3.8, 4) is 0 Å². The number of hydrogen-bond donors (Lipinski definition) is 2. The molecule has 1 aliphatic carbocycles. The van der Waals surface area contributed by atoms with Gasteiger partial charge in [-0.1, -0.05) is 6.92 Å². The molecule has 0 aromatic carbocycles. The number of piperidine rings is 1. The molecular weight excluding hydrogens is 349 g/mol. The minimum atomic E-state index is -0.428. The number of carbonyl (C=O) groups is 1. The third kappa shape index (κ3) is 2.69. The minimum absolute atomic E-state index is 0. The van der Waals surface area contributed by atoms with Gasteiger partial charge in [-0.3, -0.25) is 4.79 Å². The molecule has 20 heavy (non-hydrogen) atoms. The van der Waals surface area contributed by atoms with E-state index in [1.54, 1.807) is 6.92 Å². The summed E-state index contributed by atoms with van der Waals surface area (Å²) in [5.74, 6) is -0.114. The number of aryl methyl sites for hydroxylation is 1. The van der Waals surface area contributed by atoms with E-state index in [2.05, 4.69) is 38.5 Å². The van der Waals surface area contributed by atoms with Gasteiger partial charge in [-0.2, -0.15) is 0 Å². The topological polar surface area (TPSA) is 54.0 Å². The van der Waals surface area contributed by atoms with Gasteiger partial charge in [-0.15, -0.1) is 12.4 Å². The molecule has 1 aliphatic heterocycles. The number of rotatable bonds is 2. The number of nitrogens with zero attached hydrogens (tertiary/aromatic N) is 1. The molecule has 2 aliphatic rings. The highest BCUT2D eigenvalue weighted by molar-refractivity contribution is 9.10. The second-order valence-electron chi connectivity index (χ2n) is 5.75. The monoisotopic (exact) mass is 363 g/mol. The van der Waals surface area contributed by atoms with Gasteiger partial charge in [0.2, 0.25) is 5.91 Å².